The Morgan fingerprint density at radius 2 is 1.81 bits per heavy atom. The van der Waals surface area contributed by atoms with Gasteiger partial charge in [0.1, 0.15) is 0 Å². The van der Waals surface area contributed by atoms with Crippen LogP contribution < -0.4 is 5.32 Å². The summed E-state index contributed by atoms with van der Waals surface area (Å²) >= 11 is 0. The Balaban J connectivity index is 1.81. The van der Waals surface area contributed by atoms with Gasteiger partial charge in [-0.25, -0.2) is 0 Å². The summed E-state index contributed by atoms with van der Waals surface area (Å²) in [5.41, 5.74) is 3.08. The predicted octanol–water partition coefficient (Wildman–Crippen LogP) is 3.24. The van der Waals surface area contributed by atoms with E-state index in [9.17, 15) is 4.79 Å². The molecule has 1 fully saturated rings. The number of benzene rings is 2. The standard InChI is InChI=1S/C18H20N2O/c1-20-12-11-15(13-20)18(21)19-17-10-6-5-9-16(17)14-7-3-2-4-8-14/h2-10,15H,11-13H2,1H3,(H,19,21). The van der Waals surface area contributed by atoms with Gasteiger partial charge in [-0.15, -0.1) is 0 Å². The number of hydrogen-bond acceptors (Lipinski definition) is 2. The van der Waals surface area contributed by atoms with E-state index in [0.29, 0.717) is 0 Å². The van der Waals surface area contributed by atoms with Gasteiger partial charge in [0.15, 0.2) is 0 Å². The molecule has 0 spiro atoms. The second kappa shape index (κ2) is 6.10. The molecule has 3 rings (SSSR count). The van der Waals surface area contributed by atoms with E-state index in [4.69, 9.17) is 0 Å². The smallest absolute Gasteiger partial charge is 0.228 e. The SMILES string of the molecule is CN1CCC(C(=O)Nc2ccccc2-c2ccccc2)C1. The number of hydrogen-bond donors (Lipinski definition) is 1. The minimum absolute atomic E-state index is 0.0961. The molecule has 0 aliphatic carbocycles. The van der Waals surface area contributed by atoms with Gasteiger partial charge in [0.2, 0.25) is 5.91 Å². The summed E-state index contributed by atoms with van der Waals surface area (Å²) in [4.78, 5) is 14.6. The Bertz CT molecular complexity index is 624. The first-order valence-electron chi connectivity index (χ1n) is 7.38. The number of carbonyl (C=O) groups is 1. The zero-order chi connectivity index (χ0) is 14.7. The van der Waals surface area contributed by atoms with Crippen LogP contribution >= 0.6 is 0 Å². The van der Waals surface area contributed by atoms with Crippen molar-refractivity contribution in [2.75, 3.05) is 25.5 Å². The molecule has 3 nitrogen and oxygen atoms in total. The molecule has 21 heavy (non-hydrogen) atoms. The normalized spacial score (nSPS) is 18.6. The van der Waals surface area contributed by atoms with Crippen molar-refractivity contribution in [1.29, 1.82) is 0 Å². The summed E-state index contributed by atoms with van der Waals surface area (Å²) in [5, 5.41) is 3.11. The van der Waals surface area contributed by atoms with E-state index in [1.165, 1.54) is 0 Å². The summed E-state index contributed by atoms with van der Waals surface area (Å²) < 4.78 is 0. The highest BCUT2D eigenvalue weighted by atomic mass is 16.1. The van der Waals surface area contributed by atoms with Gasteiger partial charge in [0.25, 0.3) is 0 Å². The van der Waals surface area contributed by atoms with Gasteiger partial charge in [0.05, 0.1) is 5.92 Å². The summed E-state index contributed by atoms with van der Waals surface area (Å²) in [7, 11) is 2.06. The summed E-state index contributed by atoms with van der Waals surface area (Å²) in [5.74, 6) is 0.224. The third-order valence-electron chi connectivity index (χ3n) is 4.03. The molecule has 2 aromatic rings. The maximum atomic E-state index is 12.4. The van der Waals surface area contributed by atoms with Crippen molar-refractivity contribution in [2.24, 2.45) is 5.92 Å². The second-order valence-corrected chi connectivity index (χ2v) is 5.65. The molecule has 0 saturated carbocycles. The second-order valence-electron chi connectivity index (χ2n) is 5.65. The van der Waals surface area contributed by atoms with Crippen LogP contribution in [0.15, 0.2) is 54.6 Å². The number of amides is 1. The lowest BCUT2D eigenvalue weighted by molar-refractivity contribution is -0.119. The highest BCUT2D eigenvalue weighted by Crippen LogP contribution is 2.28. The van der Waals surface area contributed by atoms with Crippen LogP contribution in [0.4, 0.5) is 5.69 Å². The maximum absolute atomic E-state index is 12.4. The molecule has 0 aromatic heterocycles. The van der Waals surface area contributed by atoms with Crippen molar-refractivity contribution in [3.63, 3.8) is 0 Å². The molecule has 108 valence electrons. The van der Waals surface area contributed by atoms with E-state index in [-0.39, 0.29) is 11.8 Å². The Morgan fingerprint density at radius 1 is 1.10 bits per heavy atom. The number of nitrogens with zero attached hydrogens (tertiary/aromatic N) is 1. The molecule has 0 radical (unpaired) electrons. The molecular weight excluding hydrogens is 260 g/mol. The van der Waals surface area contributed by atoms with Crippen molar-refractivity contribution in [1.82, 2.24) is 4.90 Å². The zero-order valence-electron chi connectivity index (χ0n) is 12.3. The van der Waals surface area contributed by atoms with Crippen LogP contribution in [0.25, 0.3) is 11.1 Å². The summed E-state index contributed by atoms with van der Waals surface area (Å²) in [6, 6.07) is 18.1. The van der Waals surface area contributed by atoms with E-state index in [2.05, 4.69) is 29.4 Å². The number of nitrogens with one attached hydrogen (secondary N) is 1. The molecule has 1 saturated heterocycles. The number of rotatable bonds is 3. The minimum atomic E-state index is 0.0961. The number of anilines is 1. The van der Waals surface area contributed by atoms with E-state index in [1.54, 1.807) is 0 Å². The monoisotopic (exact) mass is 280 g/mol. The maximum Gasteiger partial charge on any atom is 0.228 e. The summed E-state index contributed by atoms with van der Waals surface area (Å²) in [6.07, 6.45) is 0.940. The first-order chi connectivity index (χ1) is 10.2. The summed E-state index contributed by atoms with van der Waals surface area (Å²) in [6.45, 7) is 1.84. The van der Waals surface area contributed by atoms with Crippen LogP contribution in [0.1, 0.15) is 6.42 Å². The average Bonchev–Trinajstić information content (AvgIpc) is 2.95. The molecule has 1 atom stereocenters. The predicted molar refractivity (Wildman–Crippen MR) is 86.1 cm³/mol. The average molecular weight is 280 g/mol. The topological polar surface area (TPSA) is 32.3 Å². The molecule has 1 amide bonds. The molecule has 1 N–H and O–H groups in total. The fraction of sp³-hybridized carbons (Fsp3) is 0.278. The Labute approximate surface area is 125 Å². The van der Waals surface area contributed by atoms with Crippen LogP contribution in [0.2, 0.25) is 0 Å². The van der Waals surface area contributed by atoms with Crippen molar-refractivity contribution < 1.29 is 4.79 Å². The van der Waals surface area contributed by atoms with Gasteiger partial charge in [-0.3, -0.25) is 4.79 Å². The van der Waals surface area contributed by atoms with E-state index >= 15 is 0 Å². The number of likely N-dealkylation sites (tertiary alicyclic amines) is 1. The molecule has 3 heteroatoms. The first-order valence-corrected chi connectivity index (χ1v) is 7.38. The van der Waals surface area contributed by atoms with Crippen LogP contribution in [0.3, 0.4) is 0 Å². The van der Waals surface area contributed by atoms with Crippen molar-refractivity contribution in [2.45, 2.75) is 6.42 Å². The molecule has 1 heterocycles. The van der Waals surface area contributed by atoms with Gasteiger partial charge in [-0.05, 0) is 31.6 Å². The molecule has 1 unspecified atom stereocenters. The number of carbonyl (C=O) groups excluding carboxylic acids is 1. The lowest BCUT2D eigenvalue weighted by Gasteiger charge is -2.14. The van der Waals surface area contributed by atoms with Gasteiger partial charge in [0, 0.05) is 17.8 Å². The van der Waals surface area contributed by atoms with Gasteiger partial charge >= 0.3 is 0 Å². The third kappa shape index (κ3) is 3.14. The van der Waals surface area contributed by atoms with E-state index < -0.39 is 0 Å². The van der Waals surface area contributed by atoms with Crippen LogP contribution in [-0.2, 0) is 4.79 Å². The molecule has 0 bridgehead atoms. The van der Waals surface area contributed by atoms with Crippen LogP contribution in [-0.4, -0.2) is 30.9 Å². The van der Waals surface area contributed by atoms with Crippen molar-refractivity contribution >= 4 is 11.6 Å². The molecule has 2 aromatic carbocycles. The highest BCUT2D eigenvalue weighted by molar-refractivity contribution is 5.97. The lowest BCUT2D eigenvalue weighted by atomic mass is 10.0. The highest BCUT2D eigenvalue weighted by Gasteiger charge is 2.26. The van der Waals surface area contributed by atoms with Gasteiger partial charge < -0.3 is 10.2 Å². The minimum Gasteiger partial charge on any atom is -0.325 e. The van der Waals surface area contributed by atoms with Crippen LogP contribution in [0, 0.1) is 5.92 Å². The lowest BCUT2D eigenvalue weighted by Crippen LogP contribution is -2.25. The Hall–Kier alpha value is -2.13. The van der Waals surface area contributed by atoms with Gasteiger partial charge in [-0.2, -0.15) is 0 Å². The Kier molecular flexibility index (Phi) is 4.02. The molecule has 1 aliphatic heterocycles. The van der Waals surface area contributed by atoms with E-state index in [1.807, 2.05) is 42.5 Å². The van der Waals surface area contributed by atoms with Gasteiger partial charge in [-0.1, -0.05) is 48.5 Å². The Morgan fingerprint density at radius 3 is 2.52 bits per heavy atom. The largest absolute Gasteiger partial charge is 0.325 e. The zero-order valence-corrected chi connectivity index (χ0v) is 12.3. The first kappa shape index (κ1) is 13.8. The fourth-order valence-corrected chi connectivity index (χ4v) is 2.85. The fourth-order valence-electron chi connectivity index (χ4n) is 2.85. The molecule has 1 aliphatic rings. The quantitative estimate of drug-likeness (QED) is 0.936. The van der Waals surface area contributed by atoms with Crippen molar-refractivity contribution in [3.05, 3.63) is 54.6 Å². The third-order valence-corrected chi connectivity index (χ3v) is 4.03. The van der Waals surface area contributed by atoms with Crippen molar-refractivity contribution in [3.8, 4) is 11.1 Å². The van der Waals surface area contributed by atoms with Crippen LogP contribution in [0.5, 0.6) is 0 Å². The number of para-hydroxylation sites is 1. The van der Waals surface area contributed by atoms with E-state index in [0.717, 1.165) is 36.3 Å². The molecular formula is C18H20N2O.